The van der Waals surface area contributed by atoms with Crippen molar-refractivity contribution in [2.75, 3.05) is 42.7 Å². The van der Waals surface area contributed by atoms with Gasteiger partial charge in [0.1, 0.15) is 3.57 Å². The molecule has 0 radical (unpaired) electrons. The molecule has 2 rings (SSSR count). The van der Waals surface area contributed by atoms with Crippen LogP contribution in [0, 0.1) is 3.57 Å². The van der Waals surface area contributed by atoms with Gasteiger partial charge < -0.3 is 33.2 Å². The number of methoxy groups -OCH3 is 6. The summed E-state index contributed by atoms with van der Waals surface area (Å²) in [6, 6.07) is 4.57. The van der Waals surface area contributed by atoms with Crippen molar-refractivity contribution in [2.45, 2.75) is 0 Å². The van der Waals surface area contributed by atoms with Gasteiger partial charge in [0.2, 0.25) is 11.5 Å². The Morgan fingerprint density at radius 2 is 1.11 bits per heavy atom. The highest BCUT2D eigenvalue weighted by atomic mass is 127. The summed E-state index contributed by atoms with van der Waals surface area (Å²) in [5, 5.41) is 0. The fourth-order valence-corrected chi connectivity index (χ4v) is 3.26. The first-order chi connectivity index (χ1) is 13.4. The van der Waals surface area contributed by atoms with E-state index in [9.17, 15) is 4.79 Å². The molecule has 0 bridgehead atoms. The largest absolute Gasteiger partial charge is 0.493 e. The van der Waals surface area contributed by atoms with Crippen molar-refractivity contribution >= 4 is 28.6 Å². The first-order valence-corrected chi connectivity index (χ1v) is 9.04. The Morgan fingerprint density at radius 3 is 1.54 bits per heavy atom. The highest BCUT2D eigenvalue weighted by molar-refractivity contribution is 14.1. The standard InChI is InChI=1S/C19H21IO8/c1-22-12-7-10(8-13(23-2)16(12)25-4)19(21)28-11-9-14(24-3)17(26-5)18(27-6)15(11)20/h7-9H,1-6H3. The molecule has 0 N–H and O–H groups in total. The van der Waals surface area contributed by atoms with Crippen LogP contribution in [0.25, 0.3) is 0 Å². The SMILES string of the molecule is COc1cc(C(=O)Oc2cc(OC)c(OC)c(OC)c2I)cc(OC)c1OC. The Morgan fingerprint density at radius 1 is 0.643 bits per heavy atom. The average molecular weight is 504 g/mol. The quantitative estimate of drug-likeness (QED) is 0.307. The summed E-state index contributed by atoms with van der Waals surface area (Å²) >= 11 is 2.01. The molecule has 0 fully saturated rings. The lowest BCUT2D eigenvalue weighted by Gasteiger charge is -2.17. The molecule has 0 saturated carbocycles. The van der Waals surface area contributed by atoms with E-state index in [0.717, 1.165) is 0 Å². The van der Waals surface area contributed by atoms with E-state index in [0.29, 0.717) is 38.1 Å². The van der Waals surface area contributed by atoms with E-state index in [-0.39, 0.29) is 11.3 Å². The molecular formula is C19H21IO8. The fraction of sp³-hybridized carbons (Fsp3) is 0.316. The van der Waals surface area contributed by atoms with Crippen LogP contribution in [-0.4, -0.2) is 48.6 Å². The summed E-state index contributed by atoms with van der Waals surface area (Å²) < 4.78 is 38.0. The molecule has 0 unspecified atom stereocenters. The van der Waals surface area contributed by atoms with Gasteiger partial charge in [-0.1, -0.05) is 0 Å². The van der Waals surface area contributed by atoms with E-state index in [4.69, 9.17) is 33.2 Å². The molecule has 9 heteroatoms. The molecule has 0 aliphatic heterocycles. The number of carbonyl (C=O) groups is 1. The third-order valence-electron chi connectivity index (χ3n) is 3.84. The van der Waals surface area contributed by atoms with Crippen molar-refractivity contribution in [1.29, 1.82) is 0 Å². The third-order valence-corrected chi connectivity index (χ3v) is 4.86. The van der Waals surface area contributed by atoms with Gasteiger partial charge in [0, 0.05) is 6.07 Å². The van der Waals surface area contributed by atoms with Gasteiger partial charge in [-0.15, -0.1) is 0 Å². The minimum atomic E-state index is -0.619. The summed E-state index contributed by atoms with van der Waals surface area (Å²) in [6.07, 6.45) is 0. The number of ether oxygens (including phenoxy) is 7. The Bertz CT molecular complexity index is 840. The van der Waals surface area contributed by atoms with Crippen LogP contribution in [0.4, 0.5) is 0 Å². The average Bonchev–Trinajstić information content (AvgIpc) is 2.73. The molecule has 0 aliphatic rings. The molecule has 2 aromatic rings. The molecular weight excluding hydrogens is 483 g/mol. The first kappa shape index (κ1) is 21.7. The lowest BCUT2D eigenvalue weighted by atomic mass is 10.2. The first-order valence-electron chi connectivity index (χ1n) is 7.96. The smallest absolute Gasteiger partial charge is 0.343 e. The number of benzene rings is 2. The predicted octanol–water partition coefficient (Wildman–Crippen LogP) is 3.56. The highest BCUT2D eigenvalue weighted by Crippen LogP contribution is 2.46. The maximum absolute atomic E-state index is 12.8. The van der Waals surface area contributed by atoms with Crippen LogP contribution in [0.3, 0.4) is 0 Å². The topological polar surface area (TPSA) is 81.7 Å². The zero-order valence-electron chi connectivity index (χ0n) is 16.4. The van der Waals surface area contributed by atoms with Gasteiger partial charge in [0.05, 0.1) is 48.2 Å². The van der Waals surface area contributed by atoms with Gasteiger partial charge in [0.25, 0.3) is 0 Å². The van der Waals surface area contributed by atoms with Gasteiger partial charge >= 0.3 is 5.97 Å². The number of hydrogen-bond donors (Lipinski definition) is 0. The Hall–Kier alpha value is -2.56. The molecule has 0 spiro atoms. The van der Waals surface area contributed by atoms with Crippen molar-refractivity contribution in [3.05, 3.63) is 27.3 Å². The zero-order valence-corrected chi connectivity index (χ0v) is 18.5. The number of esters is 1. The van der Waals surface area contributed by atoms with Crippen LogP contribution >= 0.6 is 22.6 Å². The van der Waals surface area contributed by atoms with E-state index in [1.54, 1.807) is 6.07 Å². The van der Waals surface area contributed by atoms with Crippen LogP contribution < -0.4 is 33.2 Å². The van der Waals surface area contributed by atoms with Crippen molar-refractivity contribution in [3.8, 4) is 40.2 Å². The summed E-state index contributed by atoms with van der Waals surface area (Å²) in [4.78, 5) is 12.8. The van der Waals surface area contributed by atoms with Crippen LogP contribution in [0.1, 0.15) is 10.4 Å². The Labute approximate surface area is 176 Å². The summed E-state index contributed by atoms with van der Waals surface area (Å²) in [5.74, 6) is 1.87. The van der Waals surface area contributed by atoms with E-state index in [1.165, 1.54) is 54.8 Å². The zero-order chi connectivity index (χ0) is 20.8. The summed E-state index contributed by atoms with van der Waals surface area (Å²) in [7, 11) is 8.89. The summed E-state index contributed by atoms with van der Waals surface area (Å²) in [5.41, 5.74) is 0.221. The molecule has 2 aromatic carbocycles. The van der Waals surface area contributed by atoms with E-state index in [2.05, 4.69) is 0 Å². The lowest BCUT2D eigenvalue weighted by Crippen LogP contribution is -2.11. The lowest BCUT2D eigenvalue weighted by molar-refractivity contribution is 0.0731. The monoisotopic (exact) mass is 504 g/mol. The van der Waals surface area contributed by atoms with Crippen molar-refractivity contribution in [1.82, 2.24) is 0 Å². The molecule has 8 nitrogen and oxygen atoms in total. The van der Waals surface area contributed by atoms with E-state index < -0.39 is 5.97 Å². The van der Waals surface area contributed by atoms with Crippen LogP contribution in [0.2, 0.25) is 0 Å². The van der Waals surface area contributed by atoms with Crippen LogP contribution in [0.15, 0.2) is 18.2 Å². The minimum absolute atomic E-state index is 0.221. The molecule has 28 heavy (non-hydrogen) atoms. The molecule has 0 atom stereocenters. The molecule has 0 saturated heterocycles. The molecule has 0 heterocycles. The molecule has 0 aliphatic carbocycles. The number of rotatable bonds is 8. The second-order valence-electron chi connectivity index (χ2n) is 5.26. The Balaban J connectivity index is 2.48. The van der Waals surface area contributed by atoms with Crippen molar-refractivity contribution in [3.63, 3.8) is 0 Å². The van der Waals surface area contributed by atoms with Crippen LogP contribution in [0.5, 0.6) is 40.2 Å². The number of hydrogen-bond acceptors (Lipinski definition) is 8. The van der Waals surface area contributed by atoms with Crippen molar-refractivity contribution < 1.29 is 38.0 Å². The van der Waals surface area contributed by atoms with Crippen molar-refractivity contribution in [2.24, 2.45) is 0 Å². The maximum Gasteiger partial charge on any atom is 0.343 e. The van der Waals surface area contributed by atoms with Crippen LogP contribution in [-0.2, 0) is 0 Å². The second-order valence-corrected chi connectivity index (χ2v) is 6.34. The van der Waals surface area contributed by atoms with E-state index in [1.807, 2.05) is 22.6 Å². The van der Waals surface area contributed by atoms with Gasteiger partial charge in [-0.2, -0.15) is 0 Å². The van der Waals surface area contributed by atoms with Gasteiger partial charge in [0.15, 0.2) is 28.7 Å². The third kappa shape index (κ3) is 4.13. The molecule has 0 amide bonds. The van der Waals surface area contributed by atoms with Gasteiger partial charge in [-0.3, -0.25) is 0 Å². The molecule has 0 aromatic heterocycles. The highest BCUT2D eigenvalue weighted by Gasteiger charge is 2.23. The number of carbonyl (C=O) groups excluding carboxylic acids is 1. The normalized spacial score (nSPS) is 10.1. The molecule has 152 valence electrons. The Kier molecular flexibility index (Phi) is 7.44. The van der Waals surface area contributed by atoms with Gasteiger partial charge in [-0.25, -0.2) is 4.79 Å². The van der Waals surface area contributed by atoms with Gasteiger partial charge in [-0.05, 0) is 34.7 Å². The number of halogens is 1. The van der Waals surface area contributed by atoms with E-state index >= 15 is 0 Å². The summed E-state index contributed by atoms with van der Waals surface area (Å²) in [6.45, 7) is 0. The predicted molar refractivity (Wildman–Crippen MR) is 110 cm³/mol. The second kappa shape index (κ2) is 9.58. The minimum Gasteiger partial charge on any atom is -0.493 e. The fourth-order valence-electron chi connectivity index (χ4n) is 2.53. The maximum atomic E-state index is 12.8.